The molecular formula is C28H26N2O5. The molecule has 7 nitrogen and oxygen atoms in total. The molecule has 35 heavy (non-hydrogen) atoms. The number of hydrogen-bond acceptors (Lipinski definition) is 4. The van der Waals surface area contributed by atoms with Crippen molar-refractivity contribution >= 4 is 23.7 Å². The molecule has 0 unspecified atom stereocenters. The van der Waals surface area contributed by atoms with E-state index in [-0.39, 0.29) is 12.5 Å². The van der Waals surface area contributed by atoms with Gasteiger partial charge in [-0.2, -0.15) is 0 Å². The second-order valence-corrected chi connectivity index (χ2v) is 9.07. The van der Waals surface area contributed by atoms with Crippen LogP contribution in [0.1, 0.15) is 46.7 Å². The summed E-state index contributed by atoms with van der Waals surface area (Å²) in [5.74, 6) is -1.14. The van der Waals surface area contributed by atoms with E-state index in [9.17, 15) is 19.5 Å². The molecule has 3 N–H and O–H groups in total. The van der Waals surface area contributed by atoms with Gasteiger partial charge in [0.2, 0.25) is 0 Å². The third-order valence-corrected chi connectivity index (χ3v) is 6.61. The van der Waals surface area contributed by atoms with Crippen LogP contribution in [0.25, 0.3) is 11.1 Å². The number of amides is 2. The molecule has 7 heteroatoms. The molecule has 0 radical (unpaired) electrons. The lowest BCUT2D eigenvalue weighted by molar-refractivity contribution is -0.139. The number of carboxylic acids is 1. The molecule has 1 atom stereocenters. The second kappa shape index (κ2) is 9.62. The van der Waals surface area contributed by atoms with Crippen molar-refractivity contribution in [3.8, 4) is 11.1 Å². The van der Waals surface area contributed by atoms with Crippen molar-refractivity contribution in [1.29, 1.82) is 0 Å². The minimum Gasteiger partial charge on any atom is -0.480 e. The van der Waals surface area contributed by atoms with Gasteiger partial charge in [-0.05, 0) is 58.9 Å². The molecule has 0 aromatic heterocycles. The van der Waals surface area contributed by atoms with Gasteiger partial charge in [0.25, 0.3) is 5.91 Å². The molecular weight excluding hydrogens is 444 g/mol. The van der Waals surface area contributed by atoms with Gasteiger partial charge >= 0.3 is 12.1 Å². The maximum absolute atomic E-state index is 12.5. The number of carbonyl (C=O) groups is 3. The number of anilines is 1. The van der Waals surface area contributed by atoms with Gasteiger partial charge < -0.3 is 15.2 Å². The standard InChI is InChI=1S/C28H26N2O5/c31-26(30-25(27(32)33)15-17-9-10-17)18-11-13-19(14-12-18)29-28(34)35-16-24-22-7-3-1-5-20(22)21-6-2-4-8-23(21)24/h1-8,11-14,17,24-25H,9-10,15-16H2,(H,29,34)(H,30,31)(H,32,33)/t25-/m0/s1. The first-order valence-corrected chi connectivity index (χ1v) is 11.8. The molecule has 1 fully saturated rings. The highest BCUT2D eigenvalue weighted by molar-refractivity contribution is 5.97. The molecule has 3 aromatic carbocycles. The van der Waals surface area contributed by atoms with Crippen LogP contribution in [-0.4, -0.2) is 35.7 Å². The molecule has 0 aliphatic heterocycles. The maximum Gasteiger partial charge on any atom is 0.411 e. The Hall–Kier alpha value is -4.13. The predicted octanol–water partition coefficient (Wildman–Crippen LogP) is 5.03. The minimum absolute atomic E-state index is 0.0305. The van der Waals surface area contributed by atoms with Crippen LogP contribution in [0, 0.1) is 5.92 Å². The fourth-order valence-electron chi connectivity index (χ4n) is 4.61. The largest absolute Gasteiger partial charge is 0.480 e. The number of rotatable bonds is 8. The Balaban J connectivity index is 1.17. The normalized spacial score (nSPS) is 15.0. The summed E-state index contributed by atoms with van der Waals surface area (Å²) >= 11 is 0. The van der Waals surface area contributed by atoms with Crippen molar-refractivity contribution in [1.82, 2.24) is 5.32 Å². The Bertz CT molecular complexity index is 1220. The second-order valence-electron chi connectivity index (χ2n) is 9.07. The monoisotopic (exact) mass is 470 g/mol. The van der Waals surface area contributed by atoms with Gasteiger partial charge in [-0.3, -0.25) is 10.1 Å². The summed E-state index contributed by atoms with van der Waals surface area (Å²) in [6.07, 6.45) is 1.88. The first-order valence-electron chi connectivity index (χ1n) is 11.8. The Morgan fingerprint density at radius 1 is 0.886 bits per heavy atom. The van der Waals surface area contributed by atoms with Crippen LogP contribution in [0.15, 0.2) is 72.8 Å². The average Bonchev–Trinajstić information content (AvgIpc) is 3.63. The Morgan fingerprint density at radius 2 is 1.49 bits per heavy atom. The molecule has 2 aliphatic carbocycles. The zero-order chi connectivity index (χ0) is 24.4. The highest BCUT2D eigenvalue weighted by Gasteiger charge is 2.31. The molecule has 2 aliphatic rings. The van der Waals surface area contributed by atoms with Crippen LogP contribution in [0.5, 0.6) is 0 Å². The number of carbonyl (C=O) groups excluding carboxylic acids is 2. The van der Waals surface area contributed by atoms with Crippen LogP contribution >= 0.6 is 0 Å². The topological polar surface area (TPSA) is 105 Å². The van der Waals surface area contributed by atoms with Crippen molar-refractivity contribution in [2.45, 2.75) is 31.2 Å². The first kappa shape index (κ1) is 22.7. The number of ether oxygens (including phenoxy) is 1. The molecule has 1 saturated carbocycles. The highest BCUT2D eigenvalue weighted by atomic mass is 16.5. The summed E-state index contributed by atoms with van der Waals surface area (Å²) in [7, 11) is 0. The zero-order valence-corrected chi connectivity index (χ0v) is 19.1. The predicted molar refractivity (Wildman–Crippen MR) is 131 cm³/mol. The Morgan fingerprint density at radius 3 is 2.06 bits per heavy atom. The van der Waals surface area contributed by atoms with Crippen LogP contribution in [0.3, 0.4) is 0 Å². The quantitative estimate of drug-likeness (QED) is 0.428. The van der Waals surface area contributed by atoms with Crippen molar-refractivity contribution in [3.63, 3.8) is 0 Å². The van der Waals surface area contributed by atoms with Crippen LogP contribution in [-0.2, 0) is 9.53 Å². The molecule has 3 aromatic rings. The molecule has 2 amide bonds. The molecule has 0 spiro atoms. The minimum atomic E-state index is -1.03. The summed E-state index contributed by atoms with van der Waals surface area (Å²) in [6, 6.07) is 21.6. The van der Waals surface area contributed by atoms with E-state index in [0.717, 1.165) is 35.1 Å². The number of carboxylic acid groups (broad SMARTS) is 1. The number of nitrogens with one attached hydrogen (secondary N) is 2. The van der Waals surface area contributed by atoms with Crippen molar-refractivity contribution < 1.29 is 24.2 Å². The molecule has 0 bridgehead atoms. The van der Waals surface area contributed by atoms with E-state index >= 15 is 0 Å². The van der Waals surface area contributed by atoms with Crippen LogP contribution in [0.2, 0.25) is 0 Å². The Kier molecular flexibility index (Phi) is 6.23. The highest BCUT2D eigenvalue weighted by Crippen LogP contribution is 2.44. The third kappa shape index (κ3) is 5.04. The van der Waals surface area contributed by atoms with Gasteiger partial charge in [-0.15, -0.1) is 0 Å². The van der Waals surface area contributed by atoms with Gasteiger partial charge in [0.1, 0.15) is 12.6 Å². The van der Waals surface area contributed by atoms with Crippen molar-refractivity contribution in [2.75, 3.05) is 11.9 Å². The van der Waals surface area contributed by atoms with Gasteiger partial charge in [0, 0.05) is 17.2 Å². The fraction of sp³-hybridized carbons (Fsp3) is 0.250. The van der Waals surface area contributed by atoms with Crippen molar-refractivity contribution in [3.05, 3.63) is 89.5 Å². The number of hydrogen-bond donors (Lipinski definition) is 3. The fourth-order valence-corrected chi connectivity index (χ4v) is 4.61. The van der Waals surface area contributed by atoms with E-state index in [0.29, 0.717) is 23.6 Å². The van der Waals surface area contributed by atoms with Gasteiger partial charge in [0.15, 0.2) is 0 Å². The summed E-state index contributed by atoms with van der Waals surface area (Å²) in [6.45, 7) is 0.206. The SMILES string of the molecule is O=C(Nc1ccc(C(=O)N[C@@H](CC2CC2)C(=O)O)cc1)OCC1c2ccccc2-c2ccccc21. The number of benzene rings is 3. The summed E-state index contributed by atoms with van der Waals surface area (Å²) in [5.41, 5.74) is 5.40. The third-order valence-electron chi connectivity index (χ3n) is 6.61. The average molecular weight is 471 g/mol. The summed E-state index contributed by atoms with van der Waals surface area (Å²) < 4.78 is 5.55. The lowest BCUT2D eigenvalue weighted by atomic mass is 9.98. The van der Waals surface area contributed by atoms with Crippen LogP contribution in [0.4, 0.5) is 10.5 Å². The smallest absolute Gasteiger partial charge is 0.411 e. The van der Waals surface area contributed by atoms with E-state index in [1.54, 1.807) is 24.3 Å². The molecule has 178 valence electrons. The maximum atomic E-state index is 12.5. The van der Waals surface area contributed by atoms with E-state index in [1.807, 2.05) is 24.3 Å². The van der Waals surface area contributed by atoms with Gasteiger partial charge in [0.05, 0.1) is 0 Å². The van der Waals surface area contributed by atoms with E-state index < -0.39 is 24.0 Å². The van der Waals surface area contributed by atoms with Crippen LogP contribution < -0.4 is 10.6 Å². The van der Waals surface area contributed by atoms with E-state index in [4.69, 9.17) is 4.74 Å². The van der Waals surface area contributed by atoms with Gasteiger partial charge in [-0.1, -0.05) is 61.4 Å². The molecule has 5 rings (SSSR count). The molecule has 0 saturated heterocycles. The van der Waals surface area contributed by atoms with E-state index in [1.165, 1.54) is 0 Å². The first-order chi connectivity index (χ1) is 17.0. The number of fused-ring (bicyclic) bond motifs is 3. The summed E-state index contributed by atoms with van der Waals surface area (Å²) in [4.78, 5) is 36.3. The zero-order valence-electron chi connectivity index (χ0n) is 19.1. The van der Waals surface area contributed by atoms with Gasteiger partial charge in [-0.25, -0.2) is 9.59 Å². The van der Waals surface area contributed by atoms with Crippen molar-refractivity contribution in [2.24, 2.45) is 5.92 Å². The van der Waals surface area contributed by atoms with E-state index in [2.05, 4.69) is 34.9 Å². The lowest BCUT2D eigenvalue weighted by Crippen LogP contribution is -2.41. The number of aliphatic carboxylic acids is 1. The summed E-state index contributed by atoms with van der Waals surface area (Å²) in [5, 5.41) is 14.6. The lowest BCUT2D eigenvalue weighted by Gasteiger charge is -2.15. The molecule has 0 heterocycles. The Labute approximate surface area is 203 Å².